The van der Waals surface area contributed by atoms with Gasteiger partial charge in [-0.25, -0.2) is 4.79 Å². The van der Waals surface area contributed by atoms with E-state index >= 15 is 0 Å². The fourth-order valence-electron chi connectivity index (χ4n) is 0.663. The Morgan fingerprint density at radius 3 is 2.42 bits per heavy atom. The van der Waals surface area contributed by atoms with E-state index < -0.39 is 5.97 Å². The molecule has 1 N–H and O–H groups in total. The monoisotopic (exact) mass is 230 g/mol. The second-order valence-corrected chi connectivity index (χ2v) is 2.77. The molecule has 0 radical (unpaired) electrons. The average Bonchev–Trinajstić information content (AvgIpc) is 1.85. The van der Waals surface area contributed by atoms with Crippen LogP contribution in [0.4, 0.5) is 0 Å². The van der Waals surface area contributed by atoms with Crippen LogP contribution in [0.5, 0.6) is 0 Å². The van der Waals surface area contributed by atoms with E-state index in [1.165, 1.54) is 18.2 Å². The Morgan fingerprint density at radius 1 is 1.42 bits per heavy atom. The zero-order valence-corrected chi connectivity index (χ0v) is 11.0. The first-order chi connectivity index (χ1) is 5.11. The predicted molar refractivity (Wildman–Crippen MR) is 44.5 cm³/mol. The topological polar surface area (TPSA) is 37.3 Å². The van der Waals surface area contributed by atoms with Crippen LogP contribution in [0.1, 0.15) is 11.8 Å². The van der Waals surface area contributed by atoms with Crippen molar-refractivity contribution in [3.63, 3.8) is 0 Å². The van der Waals surface area contributed by atoms with Crippen LogP contribution in [0.25, 0.3) is 0 Å². The van der Waals surface area contributed by atoms with Gasteiger partial charge in [-0.05, 0) is 18.2 Å². The number of aromatic carboxylic acids is 1. The number of halogens is 2. The summed E-state index contributed by atoms with van der Waals surface area (Å²) in [5.74, 6) is -1.05. The van der Waals surface area contributed by atoms with Crippen molar-refractivity contribution in [1.29, 1.82) is 0 Å². The molecule has 0 aliphatic carbocycles. The van der Waals surface area contributed by atoms with Gasteiger partial charge in [0.05, 0.1) is 10.6 Å². The Balaban J connectivity index is 0. The van der Waals surface area contributed by atoms with E-state index in [0.29, 0.717) is 5.02 Å². The van der Waals surface area contributed by atoms with Gasteiger partial charge in [0, 0.05) is 5.02 Å². The molecular weight excluding hydrogens is 226 g/mol. The minimum Gasteiger partial charge on any atom is -1.00 e. The number of carbonyl (C=O) groups is 1. The summed E-state index contributed by atoms with van der Waals surface area (Å²) in [4.78, 5) is 10.4. The quantitative estimate of drug-likeness (QED) is 0.680. The molecule has 0 saturated heterocycles. The summed E-state index contributed by atoms with van der Waals surface area (Å²) in [5, 5.41) is 9.12. The molecule has 0 fully saturated rings. The van der Waals surface area contributed by atoms with Crippen LogP contribution < -0.4 is 51.4 Å². The van der Waals surface area contributed by atoms with Crippen LogP contribution in [0.15, 0.2) is 18.2 Å². The number of hydrogen-bond acceptors (Lipinski definition) is 1. The first-order valence-electron chi connectivity index (χ1n) is 2.79. The summed E-state index contributed by atoms with van der Waals surface area (Å²) in [5.41, 5.74) is 0.0658. The van der Waals surface area contributed by atoms with Crippen molar-refractivity contribution < 1.29 is 62.7 Å². The van der Waals surface area contributed by atoms with E-state index in [1.54, 1.807) is 0 Å². The molecular formula is C7H5Cl2KO2. The van der Waals surface area contributed by atoms with Crippen molar-refractivity contribution in [2.45, 2.75) is 0 Å². The second kappa shape index (κ2) is 5.60. The van der Waals surface area contributed by atoms with E-state index in [9.17, 15) is 4.79 Å². The van der Waals surface area contributed by atoms with Gasteiger partial charge < -0.3 is 6.53 Å². The zero-order valence-electron chi connectivity index (χ0n) is 7.34. The summed E-state index contributed by atoms with van der Waals surface area (Å²) < 4.78 is 0. The third-order valence-corrected chi connectivity index (χ3v) is 1.71. The molecule has 5 heteroatoms. The maximum atomic E-state index is 10.4. The van der Waals surface area contributed by atoms with Crippen molar-refractivity contribution in [3.8, 4) is 0 Å². The van der Waals surface area contributed by atoms with Gasteiger partial charge in [-0.2, -0.15) is 0 Å². The van der Waals surface area contributed by atoms with E-state index in [-0.39, 0.29) is 63.4 Å². The minimum atomic E-state index is -1.05. The Hall–Kier alpha value is 0.906. The van der Waals surface area contributed by atoms with Crippen LogP contribution in [0.2, 0.25) is 10.0 Å². The molecule has 12 heavy (non-hydrogen) atoms. The maximum Gasteiger partial charge on any atom is 1.00 e. The zero-order chi connectivity index (χ0) is 8.43. The smallest absolute Gasteiger partial charge is 1.00 e. The molecule has 0 spiro atoms. The molecule has 0 bridgehead atoms. The normalized spacial score (nSPS) is 8.83. The molecule has 0 aromatic heterocycles. The molecule has 0 aliphatic heterocycles. The SMILES string of the molecule is O=C(O)c1ccc(Cl)cc1Cl.[H-].[K+]. The van der Waals surface area contributed by atoms with Crippen LogP contribution in [-0.4, -0.2) is 11.1 Å². The molecule has 0 saturated carbocycles. The van der Waals surface area contributed by atoms with Crippen molar-refractivity contribution in [2.75, 3.05) is 0 Å². The number of rotatable bonds is 1. The van der Waals surface area contributed by atoms with Crippen LogP contribution in [-0.2, 0) is 0 Å². The number of hydrogen-bond donors (Lipinski definition) is 1. The Morgan fingerprint density at radius 2 is 2.00 bits per heavy atom. The van der Waals surface area contributed by atoms with E-state index in [2.05, 4.69) is 0 Å². The third kappa shape index (κ3) is 3.34. The summed E-state index contributed by atoms with van der Waals surface area (Å²) in [6.07, 6.45) is 0. The third-order valence-electron chi connectivity index (χ3n) is 1.16. The molecule has 0 amide bonds. The van der Waals surface area contributed by atoms with Crippen molar-refractivity contribution >= 4 is 29.2 Å². The second-order valence-electron chi connectivity index (χ2n) is 1.93. The average molecular weight is 231 g/mol. The molecule has 0 atom stereocenters. The van der Waals surface area contributed by atoms with E-state index in [0.717, 1.165) is 0 Å². The van der Waals surface area contributed by atoms with Crippen molar-refractivity contribution in [1.82, 2.24) is 0 Å². The van der Waals surface area contributed by atoms with Crippen molar-refractivity contribution in [2.24, 2.45) is 0 Å². The Bertz CT molecular complexity index is 307. The molecule has 1 aromatic carbocycles. The van der Waals surface area contributed by atoms with Gasteiger partial charge in [-0.1, -0.05) is 23.2 Å². The summed E-state index contributed by atoms with van der Waals surface area (Å²) in [6, 6.07) is 4.25. The van der Waals surface area contributed by atoms with Gasteiger partial charge in [-0.15, -0.1) is 0 Å². The van der Waals surface area contributed by atoms with Gasteiger partial charge in [-0.3, -0.25) is 0 Å². The molecule has 1 aromatic rings. The first-order valence-corrected chi connectivity index (χ1v) is 3.55. The van der Waals surface area contributed by atoms with Crippen molar-refractivity contribution in [3.05, 3.63) is 33.8 Å². The Labute approximate surface area is 124 Å². The number of benzene rings is 1. The first kappa shape index (κ1) is 12.9. The molecule has 2 nitrogen and oxygen atoms in total. The summed E-state index contributed by atoms with van der Waals surface area (Å²) in [7, 11) is 0. The minimum absolute atomic E-state index is 0. The fourth-order valence-corrected chi connectivity index (χ4v) is 1.15. The maximum absolute atomic E-state index is 10.4. The van der Waals surface area contributed by atoms with Gasteiger partial charge >= 0.3 is 57.4 Å². The van der Waals surface area contributed by atoms with Gasteiger partial charge in [0.2, 0.25) is 0 Å². The van der Waals surface area contributed by atoms with Crippen LogP contribution in [0, 0.1) is 0 Å². The van der Waals surface area contributed by atoms with E-state index in [4.69, 9.17) is 28.3 Å². The van der Waals surface area contributed by atoms with Crippen LogP contribution in [0.3, 0.4) is 0 Å². The molecule has 0 heterocycles. The molecule has 0 aliphatic rings. The van der Waals surface area contributed by atoms with Gasteiger partial charge in [0.25, 0.3) is 0 Å². The molecule has 60 valence electrons. The summed E-state index contributed by atoms with van der Waals surface area (Å²) in [6.45, 7) is 0. The standard InChI is InChI=1S/C7H4Cl2O2.K.H/c8-4-1-2-5(7(10)11)6(9)3-4;;/h1-3H,(H,10,11);;/q;+1;-1. The number of carboxylic acids is 1. The molecule has 1 rings (SSSR count). The summed E-state index contributed by atoms with van der Waals surface area (Å²) >= 11 is 11.1. The van der Waals surface area contributed by atoms with E-state index in [1.807, 2.05) is 0 Å². The molecule has 0 unspecified atom stereocenters. The van der Waals surface area contributed by atoms with Crippen LogP contribution >= 0.6 is 23.2 Å². The largest absolute Gasteiger partial charge is 1.00 e. The Kier molecular flexibility index (Phi) is 6.02. The predicted octanol–water partition coefficient (Wildman–Crippen LogP) is -0.192. The number of carboxylic acid groups (broad SMARTS) is 1. The fraction of sp³-hybridized carbons (Fsp3) is 0. The van der Waals surface area contributed by atoms with Gasteiger partial charge in [0.1, 0.15) is 0 Å². The van der Waals surface area contributed by atoms with Gasteiger partial charge in [0.15, 0.2) is 0 Å².